The van der Waals surface area contributed by atoms with Crippen LogP contribution < -0.4 is 10.6 Å². The second kappa shape index (κ2) is 9.15. The van der Waals surface area contributed by atoms with E-state index in [0.717, 1.165) is 12.0 Å². The Morgan fingerprint density at radius 1 is 1.35 bits per heavy atom. The molecule has 1 heterocycles. The van der Waals surface area contributed by atoms with E-state index in [4.69, 9.17) is 4.74 Å². The zero-order valence-electron chi connectivity index (χ0n) is 13.6. The van der Waals surface area contributed by atoms with E-state index >= 15 is 0 Å². The molecular weight excluding hydrogens is 294 g/mol. The van der Waals surface area contributed by atoms with Crippen molar-refractivity contribution in [2.45, 2.75) is 32.4 Å². The van der Waals surface area contributed by atoms with Crippen LogP contribution in [0.4, 0.5) is 4.79 Å². The largest absolute Gasteiger partial charge is 0.382 e. The summed E-state index contributed by atoms with van der Waals surface area (Å²) in [6.07, 6.45) is 1.14. The fourth-order valence-corrected chi connectivity index (χ4v) is 2.58. The number of hydrogen-bond acceptors (Lipinski definition) is 3. The maximum absolute atomic E-state index is 12.0. The zero-order chi connectivity index (χ0) is 16.5. The predicted molar refractivity (Wildman–Crippen MR) is 87.9 cm³/mol. The average molecular weight is 319 g/mol. The third-order valence-corrected chi connectivity index (χ3v) is 3.72. The molecule has 1 atom stereocenters. The highest BCUT2D eigenvalue weighted by Crippen LogP contribution is 2.14. The summed E-state index contributed by atoms with van der Waals surface area (Å²) in [5.41, 5.74) is 1.10. The molecule has 1 saturated heterocycles. The molecule has 126 valence electrons. The topological polar surface area (TPSA) is 70.7 Å². The highest BCUT2D eigenvalue weighted by Gasteiger charge is 2.30. The van der Waals surface area contributed by atoms with Crippen LogP contribution in [0.2, 0.25) is 0 Å². The van der Waals surface area contributed by atoms with Crippen molar-refractivity contribution in [2.75, 3.05) is 26.3 Å². The van der Waals surface area contributed by atoms with Crippen molar-refractivity contribution in [1.82, 2.24) is 15.5 Å². The molecule has 1 unspecified atom stereocenters. The molecule has 1 aliphatic heterocycles. The van der Waals surface area contributed by atoms with Crippen molar-refractivity contribution < 1.29 is 14.3 Å². The maximum atomic E-state index is 12.0. The van der Waals surface area contributed by atoms with Gasteiger partial charge in [-0.25, -0.2) is 4.79 Å². The van der Waals surface area contributed by atoms with Gasteiger partial charge in [-0.15, -0.1) is 0 Å². The van der Waals surface area contributed by atoms with E-state index in [1.54, 1.807) is 4.90 Å². The Morgan fingerprint density at radius 3 is 2.87 bits per heavy atom. The van der Waals surface area contributed by atoms with Crippen LogP contribution in [-0.4, -0.2) is 49.2 Å². The van der Waals surface area contributed by atoms with Gasteiger partial charge in [0.1, 0.15) is 0 Å². The third-order valence-electron chi connectivity index (χ3n) is 3.72. The SMILES string of the molecule is CCOCCCNC(=O)NC1CC(=O)N(Cc2ccccc2)C1. The van der Waals surface area contributed by atoms with E-state index in [2.05, 4.69) is 10.6 Å². The van der Waals surface area contributed by atoms with Gasteiger partial charge in [-0.3, -0.25) is 4.79 Å². The van der Waals surface area contributed by atoms with Crippen molar-refractivity contribution in [3.8, 4) is 0 Å². The molecule has 2 N–H and O–H groups in total. The number of amides is 3. The summed E-state index contributed by atoms with van der Waals surface area (Å²) in [6.45, 7) is 4.99. The molecule has 3 amide bonds. The molecule has 0 radical (unpaired) electrons. The number of ether oxygens (including phenoxy) is 1. The molecular formula is C17H25N3O3. The molecule has 1 aromatic rings. The van der Waals surface area contributed by atoms with Crippen LogP contribution in [0.25, 0.3) is 0 Å². The monoisotopic (exact) mass is 319 g/mol. The van der Waals surface area contributed by atoms with Crippen molar-refractivity contribution >= 4 is 11.9 Å². The van der Waals surface area contributed by atoms with Crippen LogP contribution in [0, 0.1) is 0 Å². The second-order valence-electron chi connectivity index (χ2n) is 5.61. The lowest BCUT2D eigenvalue weighted by molar-refractivity contribution is -0.128. The quantitative estimate of drug-likeness (QED) is 0.714. The van der Waals surface area contributed by atoms with Crippen LogP contribution in [-0.2, 0) is 16.1 Å². The summed E-state index contributed by atoms with van der Waals surface area (Å²) in [5, 5.41) is 5.65. The lowest BCUT2D eigenvalue weighted by Gasteiger charge is -2.17. The van der Waals surface area contributed by atoms with Crippen LogP contribution in [0.5, 0.6) is 0 Å². The van der Waals surface area contributed by atoms with Gasteiger partial charge in [0.15, 0.2) is 0 Å². The van der Waals surface area contributed by atoms with Crippen LogP contribution in [0.1, 0.15) is 25.3 Å². The molecule has 1 fully saturated rings. The van der Waals surface area contributed by atoms with E-state index < -0.39 is 0 Å². The predicted octanol–water partition coefficient (Wildman–Crippen LogP) is 1.51. The standard InChI is InChI=1S/C17H25N3O3/c1-2-23-10-6-9-18-17(22)19-15-11-16(21)20(13-15)12-14-7-4-3-5-8-14/h3-5,7-8,15H,2,6,9-13H2,1H3,(H2,18,19,22). The van der Waals surface area contributed by atoms with Crippen molar-refractivity contribution in [3.63, 3.8) is 0 Å². The van der Waals surface area contributed by atoms with Gasteiger partial charge >= 0.3 is 6.03 Å². The Morgan fingerprint density at radius 2 is 2.13 bits per heavy atom. The molecule has 0 aliphatic carbocycles. The van der Waals surface area contributed by atoms with Crippen molar-refractivity contribution in [2.24, 2.45) is 0 Å². The molecule has 0 bridgehead atoms. The van der Waals surface area contributed by atoms with E-state index in [9.17, 15) is 9.59 Å². The van der Waals surface area contributed by atoms with Crippen LogP contribution in [0.3, 0.4) is 0 Å². The molecule has 0 spiro atoms. The Hall–Kier alpha value is -2.08. The number of benzene rings is 1. The molecule has 6 heteroatoms. The number of urea groups is 1. The first-order valence-electron chi connectivity index (χ1n) is 8.13. The molecule has 1 aliphatic rings. The minimum Gasteiger partial charge on any atom is -0.382 e. The molecule has 6 nitrogen and oxygen atoms in total. The Balaban J connectivity index is 1.69. The van der Waals surface area contributed by atoms with Crippen LogP contribution in [0.15, 0.2) is 30.3 Å². The van der Waals surface area contributed by atoms with Gasteiger partial charge in [-0.1, -0.05) is 30.3 Å². The zero-order valence-corrected chi connectivity index (χ0v) is 13.6. The van der Waals surface area contributed by atoms with Gasteiger partial charge in [0.2, 0.25) is 5.91 Å². The normalized spacial score (nSPS) is 17.3. The van der Waals surface area contributed by atoms with E-state index in [1.807, 2.05) is 37.3 Å². The highest BCUT2D eigenvalue weighted by molar-refractivity contribution is 5.81. The van der Waals surface area contributed by atoms with E-state index in [1.165, 1.54) is 0 Å². The van der Waals surface area contributed by atoms with Crippen molar-refractivity contribution in [1.29, 1.82) is 0 Å². The maximum Gasteiger partial charge on any atom is 0.315 e. The summed E-state index contributed by atoms with van der Waals surface area (Å²) in [6, 6.07) is 9.52. The van der Waals surface area contributed by atoms with Crippen molar-refractivity contribution in [3.05, 3.63) is 35.9 Å². The number of nitrogens with one attached hydrogen (secondary N) is 2. The minimum absolute atomic E-state index is 0.0792. The summed E-state index contributed by atoms with van der Waals surface area (Å²) >= 11 is 0. The molecule has 0 saturated carbocycles. The summed E-state index contributed by atoms with van der Waals surface area (Å²) in [7, 11) is 0. The molecule has 23 heavy (non-hydrogen) atoms. The second-order valence-corrected chi connectivity index (χ2v) is 5.61. The van der Waals surface area contributed by atoms with Gasteiger partial charge in [0.05, 0.1) is 6.04 Å². The number of nitrogens with zero attached hydrogens (tertiary/aromatic N) is 1. The minimum atomic E-state index is -0.221. The number of carbonyl (C=O) groups is 2. The van der Waals surface area contributed by atoms with Crippen LogP contribution >= 0.6 is 0 Å². The molecule has 2 rings (SSSR count). The number of carbonyl (C=O) groups excluding carboxylic acids is 2. The first-order valence-corrected chi connectivity index (χ1v) is 8.13. The molecule has 1 aromatic carbocycles. The Labute approximate surface area is 137 Å². The number of hydrogen-bond donors (Lipinski definition) is 2. The Bertz CT molecular complexity index is 507. The fourth-order valence-electron chi connectivity index (χ4n) is 2.58. The first kappa shape index (κ1) is 17.3. The summed E-state index contributed by atoms with van der Waals surface area (Å²) < 4.78 is 5.21. The van der Waals surface area contributed by atoms with E-state index in [0.29, 0.717) is 39.3 Å². The third kappa shape index (κ3) is 5.90. The lowest BCUT2D eigenvalue weighted by Crippen LogP contribution is -2.43. The number of likely N-dealkylation sites (tertiary alicyclic amines) is 1. The fraction of sp³-hybridized carbons (Fsp3) is 0.529. The van der Waals surface area contributed by atoms with Gasteiger partial charge < -0.3 is 20.3 Å². The van der Waals surface area contributed by atoms with E-state index in [-0.39, 0.29) is 18.0 Å². The Kier molecular flexibility index (Phi) is 6.87. The summed E-state index contributed by atoms with van der Waals surface area (Å²) in [5.74, 6) is 0.0792. The van der Waals surface area contributed by atoms with Gasteiger partial charge in [-0.05, 0) is 18.9 Å². The lowest BCUT2D eigenvalue weighted by atomic mass is 10.2. The number of rotatable bonds is 8. The van der Waals surface area contributed by atoms with Gasteiger partial charge in [-0.2, -0.15) is 0 Å². The van der Waals surface area contributed by atoms with Gasteiger partial charge in [0, 0.05) is 39.3 Å². The van der Waals surface area contributed by atoms with Gasteiger partial charge in [0.25, 0.3) is 0 Å². The average Bonchev–Trinajstić information content (AvgIpc) is 2.87. The first-order chi connectivity index (χ1) is 11.2. The smallest absolute Gasteiger partial charge is 0.315 e. The highest BCUT2D eigenvalue weighted by atomic mass is 16.5. The molecule has 0 aromatic heterocycles. The summed E-state index contributed by atoms with van der Waals surface area (Å²) in [4.78, 5) is 25.6.